The summed E-state index contributed by atoms with van der Waals surface area (Å²) in [6.07, 6.45) is 4.48. The molecule has 3 aromatic rings. The highest BCUT2D eigenvalue weighted by Gasteiger charge is 2.32. The topological polar surface area (TPSA) is 63.9 Å². The summed E-state index contributed by atoms with van der Waals surface area (Å²) in [6, 6.07) is 17.0. The summed E-state index contributed by atoms with van der Waals surface area (Å²) >= 11 is 0. The number of hydrogen-bond acceptors (Lipinski definition) is 4. The first kappa shape index (κ1) is 24.0. The average molecular weight is 561 g/mol. The van der Waals surface area contributed by atoms with E-state index in [1.807, 2.05) is 25.5 Å². The van der Waals surface area contributed by atoms with Crippen molar-refractivity contribution in [2.45, 2.75) is 38.1 Å². The van der Waals surface area contributed by atoms with Crippen LogP contribution in [0.5, 0.6) is 0 Å². The van der Waals surface area contributed by atoms with Crippen LogP contribution in [-0.4, -0.2) is 66.0 Å². The molecule has 33 heavy (non-hydrogen) atoms. The van der Waals surface area contributed by atoms with Gasteiger partial charge >= 0.3 is 0 Å². The molecule has 8 heteroatoms. The number of aromatic nitrogens is 2. The zero-order valence-electron chi connectivity index (χ0n) is 19.0. The molecule has 176 valence electrons. The lowest BCUT2D eigenvalue weighted by atomic mass is 10.1. The molecule has 1 aromatic heterocycles. The van der Waals surface area contributed by atoms with Gasteiger partial charge in [-0.15, -0.1) is 24.0 Å². The molecular formula is C25H32IN5O2. The zero-order valence-corrected chi connectivity index (χ0v) is 21.4. The molecule has 2 aliphatic rings. The molecule has 5 rings (SSSR count). The maximum Gasteiger partial charge on any atom is 0.194 e. The Balaban J connectivity index is 0.00000259. The number of nitrogens with zero attached hydrogens (tertiary/aromatic N) is 4. The van der Waals surface area contributed by atoms with E-state index in [0.29, 0.717) is 6.61 Å². The van der Waals surface area contributed by atoms with E-state index in [0.717, 1.165) is 62.6 Å². The van der Waals surface area contributed by atoms with Crippen LogP contribution in [0.1, 0.15) is 24.0 Å². The van der Waals surface area contributed by atoms with Crippen LogP contribution in [0.25, 0.3) is 11.0 Å². The maximum absolute atomic E-state index is 5.98. The van der Waals surface area contributed by atoms with E-state index in [-0.39, 0.29) is 36.2 Å². The third kappa shape index (κ3) is 5.67. The van der Waals surface area contributed by atoms with Gasteiger partial charge in [-0.3, -0.25) is 4.99 Å². The van der Waals surface area contributed by atoms with Gasteiger partial charge in [0.1, 0.15) is 6.10 Å². The molecule has 2 fully saturated rings. The van der Waals surface area contributed by atoms with Gasteiger partial charge in [-0.05, 0) is 36.1 Å². The molecule has 2 aromatic carbocycles. The molecule has 2 unspecified atom stereocenters. The van der Waals surface area contributed by atoms with Crippen molar-refractivity contribution in [3.05, 3.63) is 66.0 Å². The fourth-order valence-corrected chi connectivity index (χ4v) is 4.60. The summed E-state index contributed by atoms with van der Waals surface area (Å²) in [5.41, 5.74) is 4.68. The Morgan fingerprint density at radius 3 is 2.64 bits per heavy atom. The van der Waals surface area contributed by atoms with Gasteiger partial charge in [0.05, 0.1) is 30.1 Å². The Morgan fingerprint density at radius 2 is 1.85 bits per heavy atom. The van der Waals surface area contributed by atoms with Crippen molar-refractivity contribution >= 4 is 41.0 Å². The molecule has 3 heterocycles. The van der Waals surface area contributed by atoms with E-state index in [4.69, 9.17) is 9.47 Å². The number of fused-ring (bicyclic) bond motifs is 1. The number of aliphatic imine (C=N–C) groups is 1. The number of halogens is 1. The van der Waals surface area contributed by atoms with Crippen LogP contribution < -0.4 is 5.32 Å². The second-order valence-electron chi connectivity index (χ2n) is 8.49. The second-order valence-corrected chi connectivity index (χ2v) is 8.49. The van der Waals surface area contributed by atoms with Crippen LogP contribution in [-0.2, 0) is 22.6 Å². The number of para-hydroxylation sites is 2. The molecule has 0 aliphatic carbocycles. The molecule has 1 N–H and O–H groups in total. The van der Waals surface area contributed by atoms with Crippen molar-refractivity contribution in [1.82, 2.24) is 19.8 Å². The van der Waals surface area contributed by atoms with Gasteiger partial charge in [-0.2, -0.15) is 0 Å². The van der Waals surface area contributed by atoms with Crippen LogP contribution in [0.4, 0.5) is 0 Å². The fraction of sp³-hybridized carbons (Fsp3) is 0.440. The van der Waals surface area contributed by atoms with Crippen molar-refractivity contribution < 1.29 is 9.47 Å². The van der Waals surface area contributed by atoms with E-state index in [2.05, 4.69) is 61.2 Å². The number of hydrogen-bond donors (Lipinski definition) is 1. The van der Waals surface area contributed by atoms with Crippen LogP contribution in [0.3, 0.4) is 0 Å². The minimum absolute atomic E-state index is 0. The van der Waals surface area contributed by atoms with Crippen molar-refractivity contribution in [2.75, 3.05) is 33.4 Å². The molecule has 0 radical (unpaired) electrons. The molecule has 0 amide bonds. The van der Waals surface area contributed by atoms with Gasteiger partial charge in [0, 0.05) is 39.8 Å². The highest BCUT2D eigenvalue weighted by Crippen LogP contribution is 2.21. The number of imidazole rings is 1. The first-order valence-corrected chi connectivity index (χ1v) is 11.5. The molecule has 0 bridgehead atoms. The molecule has 0 saturated carbocycles. The van der Waals surface area contributed by atoms with Crippen molar-refractivity contribution in [2.24, 2.45) is 4.99 Å². The van der Waals surface area contributed by atoms with Gasteiger partial charge in [0.2, 0.25) is 0 Å². The van der Waals surface area contributed by atoms with Gasteiger partial charge < -0.3 is 24.3 Å². The SMILES string of the molecule is CN=C(NCc1ccc(Cn2cnc3ccccc32)cc1)N1CCOC(C2CCCO2)C1.I. The summed E-state index contributed by atoms with van der Waals surface area (Å²) in [4.78, 5) is 11.3. The molecule has 2 saturated heterocycles. The van der Waals surface area contributed by atoms with E-state index in [9.17, 15) is 0 Å². The van der Waals surface area contributed by atoms with Crippen molar-refractivity contribution in [3.8, 4) is 0 Å². The first-order chi connectivity index (χ1) is 15.8. The predicted octanol–water partition coefficient (Wildman–Crippen LogP) is 3.66. The number of benzene rings is 2. The Hall–Kier alpha value is -2.17. The standard InChI is InChI=1S/C25H31N5O2.HI/c1-26-25(29-12-14-32-24(17-29)23-7-4-13-31-23)27-15-19-8-10-20(11-9-19)16-30-18-28-21-5-2-3-6-22(21)30;/h2-3,5-6,8-11,18,23-24H,4,7,12-17H2,1H3,(H,26,27);1H. The fourth-order valence-electron chi connectivity index (χ4n) is 4.60. The number of ether oxygens (including phenoxy) is 2. The molecule has 2 aliphatic heterocycles. The largest absolute Gasteiger partial charge is 0.375 e. The van der Waals surface area contributed by atoms with Crippen molar-refractivity contribution in [1.29, 1.82) is 0 Å². The summed E-state index contributed by atoms with van der Waals surface area (Å²) in [5.74, 6) is 0.922. The zero-order chi connectivity index (χ0) is 21.8. The summed E-state index contributed by atoms with van der Waals surface area (Å²) in [5, 5.41) is 3.52. The lowest BCUT2D eigenvalue weighted by Gasteiger charge is -2.37. The lowest BCUT2D eigenvalue weighted by molar-refractivity contribution is -0.0817. The average Bonchev–Trinajstić information content (AvgIpc) is 3.52. The first-order valence-electron chi connectivity index (χ1n) is 11.5. The van der Waals surface area contributed by atoms with Crippen LogP contribution in [0, 0.1) is 0 Å². The normalized spacial score (nSPS) is 21.2. The number of morpholine rings is 1. The van der Waals surface area contributed by atoms with Gasteiger partial charge in [0.25, 0.3) is 0 Å². The van der Waals surface area contributed by atoms with E-state index >= 15 is 0 Å². The predicted molar refractivity (Wildman–Crippen MR) is 141 cm³/mol. The number of rotatable bonds is 5. The monoisotopic (exact) mass is 561 g/mol. The third-order valence-corrected chi connectivity index (χ3v) is 6.34. The highest BCUT2D eigenvalue weighted by atomic mass is 127. The number of guanidine groups is 1. The molecule has 2 atom stereocenters. The second kappa shape index (κ2) is 11.3. The summed E-state index contributed by atoms with van der Waals surface area (Å²) in [6.45, 7) is 4.79. The Kier molecular flexibility index (Phi) is 8.21. The minimum Gasteiger partial charge on any atom is -0.375 e. The van der Waals surface area contributed by atoms with Crippen LogP contribution in [0.15, 0.2) is 59.9 Å². The molecule has 7 nitrogen and oxygen atoms in total. The molecule has 0 spiro atoms. The lowest BCUT2D eigenvalue weighted by Crippen LogP contribution is -2.53. The third-order valence-electron chi connectivity index (χ3n) is 6.34. The van der Waals surface area contributed by atoms with Crippen LogP contribution in [0.2, 0.25) is 0 Å². The van der Waals surface area contributed by atoms with Gasteiger partial charge in [-0.1, -0.05) is 36.4 Å². The van der Waals surface area contributed by atoms with E-state index < -0.39 is 0 Å². The van der Waals surface area contributed by atoms with Gasteiger partial charge in [-0.25, -0.2) is 4.98 Å². The summed E-state index contributed by atoms with van der Waals surface area (Å²) in [7, 11) is 1.84. The maximum atomic E-state index is 5.98. The van der Waals surface area contributed by atoms with Crippen LogP contribution >= 0.6 is 24.0 Å². The Morgan fingerprint density at radius 1 is 1.06 bits per heavy atom. The quantitative estimate of drug-likeness (QED) is 0.293. The highest BCUT2D eigenvalue weighted by molar-refractivity contribution is 14.0. The molecular weight excluding hydrogens is 529 g/mol. The van der Waals surface area contributed by atoms with E-state index in [1.165, 1.54) is 11.1 Å². The van der Waals surface area contributed by atoms with Gasteiger partial charge in [0.15, 0.2) is 5.96 Å². The Bertz CT molecular complexity index is 1060. The number of nitrogens with one attached hydrogen (secondary N) is 1. The smallest absolute Gasteiger partial charge is 0.194 e. The van der Waals surface area contributed by atoms with E-state index in [1.54, 1.807) is 0 Å². The minimum atomic E-state index is 0. The van der Waals surface area contributed by atoms with Crippen molar-refractivity contribution in [3.63, 3.8) is 0 Å². The summed E-state index contributed by atoms with van der Waals surface area (Å²) < 4.78 is 14.0. The Labute approximate surface area is 212 Å².